The van der Waals surface area contributed by atoms with Crippen molar-refractivity contribution in [1.29, 1.82) is 0 Å². The molecule has 0 bridgehead atoms. The summed E-state index contributed by atoms with van der Waals surface area (Å²) in [6.45, 7) is -0.226. The summed E-state index contributed by atoms with van der Waals surface area (Å²) >= 11 is 0. The van der Waals surface area contributed by atoms with E-state index >= 15 is 0 Å². The van der Waals surface area contributed by atoms with Crippen LogP contribution in [0.4, 0.5) is 11.4 Å². The van der Waals surface area contributed by atoms with Crippen LogP contribution in [0.5, 0.6) is 0 Å². The normalized spacial score (nSPS) is 13.3. The van der Waals surface area contributed by atoms with Crippen LogP contribution < -0.4 is 5.73 Å². The van der Waals surface area contributed by atoms with Gasteiger partial charge in [0.15, 0.2) is 0 Å². The molecule has 1 unspecified atom stereocenters. The Hall–Kier alpha value is -1.75. The van der Waals surface area contributed by atoms with Gasteiger partial charge in [0, 0.05) is 26.8 Å². The van der Waals surface area contributed by atoms with Crippen molar-refractivity contribution in [2.45, 2.75) is 11.0 Å². The fourth-order valence-electron chi connectivity index (χ4n) is 1.66. The summed E-state index contributed by atoms with van der Waals surface area (Å²) in [5.74, 6) is 0. The van der Waals surface area contributed by atoms with Crippen molar-refractivity contribution in [2.24, 2.45) is 0 Å². The van der Waals surface area contributed by atoms with Gasteiger partial charge in [-0.3, -0.25) is 10.1 Å². The minimum atomic E-state index is -3.97. The lowest BCUT2D eigenvalue weighted by Crippen LogP contribution is -2.36. The molecule has 1 atom stereocenters. The Morgan fingerprint density at radius 2 is 2.14 bits per heavy atom. The van der Waals surface area contributed by atoms with Gasteiger partial charge in [-0.05, 0) is 12.1 Å². The second kappa shape index (κ2) is 6.80. The number of nitrogens with zero attached hydrogens (tertiary/aromatic N) is 2. The van der Waals surface area contributed by atoms with E-state index in [1.165, 1.54) is 20.2 Å². The quantitative estimate of drug-likeness (QED) is 0.403. The molecule has 0 amide bonds. The van der Waals surface area contributed by atoms with Crippen LogP contribution in [0.25, 0.3) is 0 Å². The van der Waals surface area contributed by atoms with Crippen LogP contribution >= 0.6 is 0 Å². The van der Waals surface area contributed by atoms with E-state index in [-0.39, 0.29) is 23.7 Å². The van der Waals surface area contributed by atoms with E-state index in [0.717, 1.165) is 16.4 Å². The van der Waals surface area contributed by atoms with E-state index in [1.54, 1.807) is 0 Å². The molecule has 10 heteroatoms. The number of anilines is 1. The van der Waals surface area contributed by atoms with Gasteiger partial charge in [0.1, 0.15) is 5.69 Å². The molecule has 1 rings (SSSR count). The zero-order chi connectivity index (χ0) is 16.2. The third-order valence-corrected chi connectivity index (χ3v) is 4.55. The second-order valence-corrected chi connectivity index (χ2v) is 6.42. The van der Waals surface area contributed by atoms with Crippen LogP contribution in [0.2, 0.25) is 0 Å². The molecule has 0 heterocycles. The standard InChI is InChI=1S/C11H17N3O6S/c1-13(6-8(15)7-20-2)21(18,19)9-3-4-10(12)11(5-9)14(16)17/h3-5,8,15H,6-7,12H2,1-2H3. The van der Waals surface area contributed by atoms with E-state index < -0.39 is 26.7 Å². The number of nitrogens with two attached hydrogens (primary N) is 1. The van der Waals surface area contributed by atoms with Gasteiger partial charge in [-0.1, -0.05) is 0 Å². The van der Waals surface area contributed by atoms with Crippen molar-refractivity contribution in [2.75, 3.05) is 33.0 Å². The third-order valence-electron chi connectivity index (χ3n) is 2.73. The van der Waals surface area contributed by atoms with Gasteiger partial charge in [0.05, 0.1) is 22.5 Å². The molecule has 0 saturated heterocycles. The highest BCUT2D eigenvalue weighted by atomic mass is 32.2. The first-order valence-electron chi connectivity index (χ1n) is 5.87. The van der Waals surface area contributed by atoms with Crippen molar-refractivity contribution >= 4 is 21.4 Å². The van der Waals surface area contributed by atoms with Crippen molar-refractivity contribution in [3.8, 4) is 0 Å². The lowest BCUT2D eigenvalue weighted by Gasteiger charge is -2.20. The van der Waals surface area contributed by atoms with E-state index in [4.69, 9.17) is 10.5 Å². The number of methoxy groups -OCH3 is 1. The highest BCUT2D eigenvalue weighted by molar-refractivity contribution is 7.89. The number of ether oxygens (including phenoxy) is 1. The van der Waals surface area contributed by atoms with Gasteiger partial charge in [0.2, 0.25) is 10.0 Å². The molecule has 0 saturated carbocycles. The summed E-state index contributed by atoms with van der Waals surface area (Å²) in [4.78, 5) is 9.77. The minimum Gasteiger partial charge on any atom is -0.393 e. The maximum Gasteiger partial charge on any atom is 0.293 e. The smallest absolute Gasteiger partial charge is 0.293 e. The summed E-state index contributed by atoms with van der Waals surface area (Å²) in [6, 6.07) is 3.23. The fraction of sp³-hybridized carbons (Fsp3) is 0.455. The molecule has 1 aromatic carbocycles. The molecule has 0 aliphatic rings. The molecule has 0 fully saturated rings. The number of sulfonamides is 1. The molecule has 3 N–H and O–H groups in total. The Morgan fingerprint density at radius 3 is 2.67 bits per heavy atom. The highest BCUT2D eigenvalue weighted by Gasteiger charge is 2.25. The average Bonchev–Trinajstić information content (AvgIpc) is 2.38. The molecular weight excluding hydrogens is 302 g/mol. The molecule has 21 heavy (non-hydrogen) atoms. The summed E-state index contributed by atoms with van der Waals surface area (Å²) in [6.07, 6.45) is -1.00. The molecule has 9 nitrogen and oxygen atoms in total. The number of likely N-dealkylation sites (N-methyl/N-ethyl adjacent to an activating group) is 1. The van der Waals surface area contributed by atoms with E-state index in [9.17, 15) is 23.6 Å². The molecule has 1 aromatic rings. The predicted molar refractivity (Wildman–Crippen MR) is 75.2 cm³/mol. The van der Waals surface area contributed by atoms with Crippen LogP contribution in [0.1, 0.15) is 0 Å². The number of hydrogen-bond acceptors (Lipinski definition) is 7. The number of aliphatic hydroxyl groups excluding tert-OH is 1. The molecule has 0 aliphatic heterocycles. The molecule has 0 radical (unpaired) electrons. The molecule has 0 aliphatic carbocycles. The maximum absolute atomic E-state index is 12.3. The second-order valence-electron chi connectivity index (χ2n) is 4.37. The monoisotopic (exact) mass is 319 g/mol. The Bertz CT molecular complexity index is 618. The molecule has 0 aromatic heterocycles. The summed E-state index contributed by atoms with van der Waals surface area (Å²) in [5, 5.41) is 20.4. The fourth-order valence-corrected chi connectivity index (χ4v) is 2.89. The van der Waals surface area contributed by atoms with Crippen LogP contribution in [0, 0.1) is 10.1 Å². The van der Waals surface area contributed by atoms with Gasteiger partial charge in [-0.25, -0.2) is 8.42 Å². The van der Waals surface area contributed by atoms with Gasteiger partial charge in [-0.2, -0.15) is 4.31 Å². The van der Waals surface area contributed by atoms with Crippen molar-refractivity contribution in [3.05, 3.63) is 28.3 Å². The third kappa shape index (κ3) is 4.11. The molecule has 0 spiro atoms. The summed E-state index contributed by atoms with van der Waals surface area (Å²) < 4.78 is 30.1. The van der Waals surface area contributed by atoms with E-state index in [2.05, 4.69) is 0 Å². The lowest BCUT2D eigenvalue weighted by molar-refractivity contribution is -0.384. The first kappa shape index (κ1) is 17.3. The van der Waals surface area contributed by atoms with Crippen molar-refractivity contribution in [1.82, 2.24) is 4.31 Å². The van der Waals surface area contributed by atoms with Gasteiger partial charge in [0.25, 0.3) is 5.69 Å². The first-order valence-corrected chi connectivity index (χ1v) is 7.31. The number of benzene rings is 1. The lowest BCUT2D eigenvalue weighted by atomic mass is 10.3. The van der Waals surface area contributed by atoms with Crippen LogP contribution in [0.15, 0.2) is 23.1 Å². The topological polar surface area (TPSA) is 136 Å². The number of rotatable bonds is 7. The van der Waals surface area contributed by atoms with Crippen molar-refractivity contribution in [3.63, 3.8) is 0 Å². The Labute approximate surface area is 122 Å². The zero-order valence-electron chi connectivity index (χ0n) is 11.6. The van der Waals surface area contributed by atoms with E-state index in [0.29, 0.717) is 0 Å². The van der Waals surface area contributed by atoms with Gasteiger partial charge < -0.3 is 15.6 Å². The first-order chi connectivity index (χ1) is 9.70. The van der Waals surface area contributed by atoms with Crippen LogP contribution in [0.3, 0.4) is 0 Å². The maximum atomic E-state index is 12.3. The highest BCUT2D eigenvalue weighted by Crippen LogP contribution is 2.26. The number of hydrogen-bond donors (Lipinski definition) is 2. The summed E-state index contributed by atoms with van der Waals surface area (Å²) in [5.41, 5.74) is 4.82. The minimum absolute atomic E-state index is 0.0260. The average molecular weight is 319 g/mol. The SMILES string of the molecule is COCC(O)CN(C)S(=O)(=O)c1ccc(N)c([N+](=O)[O-])c1. The van der Waals surface area contributed by atoms with Gasteiger partial charge in [-0.15, -0.1) is 0 Å². The zero-order valence-corrected chi connectivity index (χ0v) is 12.4. The van der Waals surface area contributed by atoms with Gasteiger partial charge >= 0.3 is 0 Å². The Kier molecular flexibility index (Phi) is 5.61. The summed E-state index contributed by atoms with van der Waals surface area (Å²) in [7, 11) is -1.33. The van der Waals surface area contributed by atoms with Crippen LogP contribution in [-0.2, 0) is 14.8 Å². The van der Waals surface area contributed by atoms with E-state index in [1.807, 2.05) is 0 Å². The number of nitrogen functional groups attached to an aromatic ring is 1. The van der Waals surface area contributed by atoms with Crippen molar-refractivity contribution < 1.29 is 23.2 Å². The Morgan fingerprint density at radius 1 is 1.52 bits per heavy atom. The number of aliphatic hydroxyl groups is 1. The molecular formula is C11H17N3O6S. The predicted octanol–water partition coefficient (Wildman–Crippen LogP) is -0.195. The van der Waals surface area contributed by atoms with Crippen LogP contribution in [-0.4, -0.2) is 56.2 Å². The number of nitro benzene ring substituents is 1. The largest absolute Gasteiger partial charge is 0.393 e. The Balaban J connectivity index is 3.07. The molecule has 118 valence electrons. The number of nitro groups is 1.